The molecule has 11 aromatic carbocycles. The van der Waals surface area contributed by atoms with Crippen LogP contribution in [-0.4, -0.2) is 9.13 Å². The predicted octanol–water partition coefficient (Wildman–Crippen LogP) is 18.0. The highest BCUT2D eigenvalue weighted by molar-refractivity contribution is 6.13. The van der Waals surface area contributed by atoms with Gasteiger partial charge < -0.3 is 14.0 Å². The lowest BCUT2D eigenvalue weighted by Gasteiger charge is -2.28. The average Bonchev–Trinajstić information content (AvgIpc) is 3.94. The molecule has 13 aromatic rings. The largest absolute Gasteiger partial charge is 0.310 e. The molecular formula is C66H45N3. The second kappa shape index (κ2) is 16.9. The first-order chi connectivity index (χ1) is 34.2. The quantitative estimate of drug-likeness (QED) is 0.141. The van der Waals surface area contributed by atoms with Gasteiger partial charge in [0, 0.05) is 49.9 Å². The maximum absolute atomic E-state index is 2.41. The minimum Gasteiger partial charge on any atom is -0.310 e. The molecule has 0 aliphatic rings. The second-order valence-corrected chi connectivity index (χ2v) is 17.7. The van der Waals surface area contributed by atoms with E-state index in [1.807, 2.05) is 0 Å². The van der Waals surface area contributed by atoms with Gasteiger partial charge in [-0.2, -0.15) is 0 Å². The Labute approximate surface area is 401 Å². The van der Waals surface area contributed by atoms with Crippen LogP contribution in [-0.2, 0) is 0 Å². The van der Waals surface area contributed by atoms with E-state index in [4.69, 9.17) is 0 Å². The molecule has 324 valence electrons. The van der Waals surface area contributed by atoms with Gasteiger partial charge in [-0.1, -0.05) is 176 Å². The van der Waals surface area contributed by atoms with Crippen molar-refractivity contribution in [2.45, 2.75) is 0 Å². The van der Waals surface area contributed by atoms with E-state index in [9.17, 15) is 0 Å². The lowest BCUT2D eigenvalue weighted by Crippen LogP contribution is -2.11. The smallest absolute Gasteiger partial charge is 0.0541 e. The van der Waals surface area contributed by atoms with Crippen molar-refractivity contribution in [3.05, 3.63) is 273 Å². The van der Waals surface area contributed by atoms with Crippen LogP contribution in [0.4, 0.5) is 17.1 Å². The van der Waals surface area contributed by atoms with Gasteiger partial charge in [0.1, 0.15) is 0 Å². The van der Waals surface area contributed by atoms with Crippen LogP contribution in [0.1, 0.15) is 0 Å². The molecule has 0 aliphatic heterocycles. The highest BCUT2D eigenvalue weighted by atomic mass is 15.1. The Hall–Kier alpha value is -9.18. The summed E-state index contributed by atoms with van der Waals surface area (Å²) in [6.45, 7) is 0. The van der Waals surface area contributed by atoms with Crippen molar-refractivity contribution in [1.82, 2.24) is 9.13 Å². The first-order valence-electron chi connectivity index (χ1n) is 23.7. The van der Waals surface area contributed by atoms with E-state index in [1.165, 1.54) is 77.0 Å². The molecule has 0 atom stereocenters. The first kappa shape index (κ1) is 40.1. The van der Waals surface area contributed by atoms with Gasteiger partial charge in [-0.15, -0.1) is 0 Å². The molecule has 13 rings (SSSR count). The number of hydrogen-bond donors (Lipinski definition) is 0. The molecule has 0 spiro atoms. The highest BCUT2D eigenvalue weighted by Crippen LogP contribution is 2.44. The molecule has 0 fully saturated rings. The first-order valence-corrected chi connectivity index (χ1v) is 23.7. The number of rotatable bonds is 9. The molecule has 0 saturated carbocycles. The lowest BCUT2D eigenvalue weighted by molar-refractivity contribution is 1.18. The van der Waals surface area contributed by atoms with Gasteiger partial charge in [0.05, 0.1) is 27.8 Å². The fourth-order valence-corrected chi connectivity index (χ4v) is 10.4. The Morgan fingerprint density at radius 3 is 1.09 bits per heavy atom. The topological polar surface area (TPSA) is 13.1 Å². The Balaban J connectivity index is 0.972. The third-order valence-corrected chi connectivity index (χ3v) is 13.7. The number of nitrogens with zero attached hydrogens (tertiary/aromatic N) is 3. The summed E-state index contributed by atoms with van der Waals surface area (Å²) >= 11 is 0. The van der Waals surface area contributed by atoms with Gasteiger partial charge in [-0.3, -0.25) is 0 Å². The number of para-hydroxylation sites is 4. The summed E-state index contributed by atoms with van der Waals surface area (Å²) in [5, 5.41) is 4.90. The zero-order valence-electron chi connectivity index (χ0n) is 37.8. The maximum atomic E-state index is 2.41. The van der Waals surface area contributed by atoms with E-state index in [0.29, 0.717) is 0 Å². The van der Waals surface area contributed by atoms with Crippen LogP contribution >= 0.6 is 0 Å². The van der Waals surface area contributed by atoms with Crippen molar-refractivity contribution in [1.29, 1.82) is 0 Å². The summed E-state index contributed by atoms with van der Waals surface area (Å²) < 4.78 is 4.79. The van der Waals surface area contributed by atoms with Crippen LogP contribution in [0, 0.1) is 0 Å². The van der Waals surface area contributed by atoms with E-state index in [-0.39, 0.29) is 0 Å². The summed E-state index contributed by atoms with van der Waals surface area (Å²) in [7, 11) is 0. The third kappa shape index (κ3) is 7.08. The van der Waals surface area contributed by atoms with Gasteiger partial charge in [0.25, 0.3) is 0 Å². The minimum absolute atomic E-state index is 1.09. The van der Waals surface area contributed by atoms with Crippen LogP contribution < -0.4 is 4.90 Å². The second-order valence-electron chi connectivity index (χ2n) is 17.7. The zero-order chi connectivity index (χ0) is 45.7. The van der Waals surface area contributed by atoms with Crippen LogP contribution in [0.25, 0.3) is 99.5 Å². The molecule has 0 radical (unpaired) electrons. The zero-order valence-corrected chi connectivity index (χ0v) is 37.8. The molecule has 2 aromatic heterocycles. The van der Waals surface area contributed by atoms with Crippen molar-refractivity contribution in [2.75, 3.05) is 4.90 Å². The van der Waals surface area contributed by atoms with Crippen LogP contribution in [0.2, 0.25) is 0 Å². The van der Waals surface area contributed by atoms with Crippen molar-refractivity contribution in [2.24, 2.45) is 0 Å². The third-order valence-electron chi connectivity index (χ3n) is 13.7. The van der Waals surface area contributed by atoms with Gasteiger partial charge in [0.2, 0.25) is 0 Å². The Bertz CT molecular complexity index is 3880. The number of anilines is 3. The molecule has 0 aliphatic carbocycles. The number of benzene rings is 11. The van der Waals surface area contributed by atoms with Gasteiger partial charge in [0.15, 0.2) is 0 Å². The molecule has 0 unspecified atom stereocenters. The van der Waals surface area contributed by atoms with E-state index in [2.05, 4.69) is 287 Å². The average molecular weight is 880 g/mol. The van der Waals surface area contributed by atoms with E-state index in [0.717, 1.165) is 39.6 Å². The van der Waals surface area contributed by atoms with E-state index < -0.39 is 0 Å². The summed E-state index contributed by atoms with van der Waals surface area (Å²) in [6, 6.07) is 99.1. The number of aromatic nitrogens is 2. The fraction of sp³-hybridized carbons (Fsp3) is 0. The molecule has 3 nitrogen and oxygen atoms in total. The van der Waals surface area contributed by atoms with Crippen molar-refractivity contribution >= 4 is 60.7 Å². The molecule has 0 amide bonds. The summed E-state index contributed by atoms with van der Waals surface area (Å²) in [6.07, 6.45) is 0. The predicted molar refractivity (Wildman–Crippen MR) is 292 cm³/mol. The van der Waals surface area contributed by atoms with Crippen LogP contribution in [0.15, 0.2) is 273 Å². The summed E-state index contributed by atoms with van der Waals surface area (Å²) in [5.74, 6) is 0. The standard InChI is InChI=1S/C66H45N3/c1-5-17-46(18-6-1)48-29-36-55(37-30-48)67(56-38-31-49(32-39-56)47-19-7-2-8-20-47)62-27-15-13-25-57(62)52-35-42-66-61(45-52)60-44-51(34-41-65(60)69(66)54-23-11-4-12-24-54)50-33-40-64-59(43-50)58-26-14-16-28-63(58)68(64)53-21-9-3-10-22-53/h1-45H. The van der Waals surface area contributed by atoms with Gasteiger partial charge in [-0.25, -0.2) is 0 Å². The van der Waals surface area contributed by atoms with E-state index in [1.54, 1.807) is 0 Å². The Morgan fingerprint density at radius 2 is 0.580 bits per heavy atom. The molecule has 2 heterocycles. The normalized spacial score (nSPS) is 11.5. The Morgan fingerprint density at radius 1 is 0.232 bits per heavy atom. The fourth-order valence-electron chi connectivity index (χ4n) is 10.4. The van der Waals surface area contributed by atoms with Crippen LogP contribution in [0.5, 0.6) is 0 Å². The molecule has 69 heavy (non-hydrogen) atoms. The minimum atomic E-state index is 1.09. The molecule has 0 saturated heterocycles. The SMILES string of the molecule is c1ccc(-c2ccc(N(c3ccc(-c4ccccc4)cc3)c3ccccc3-c3ccc4c(c3)c3cc(-c5ccc6c(c5)c5ccccc5n6-c5ccccc5)ccc3n4-c3ccccc3)cc2)cc1. The molecule has 3 heteroatoms. The summed E-state index contributed by atoms with van der Waals surface area (Å²) in [4.78, 5) is 2.40. The Kier molecular flexibility index (Phi) is 9.84. The molecule has 0 bridgehead atoms. The summed E-state index contributed by atoms with van der Waals surface area (Å²) in [5.41, 5.74) is 19.8. The van der Waals surface area contributed by atoms with Gasteiger partial charge in [-0.05, 0) is 136 Å². The molecule has 0 N–H and O–H groups in total. The maximum Gasteiger partial charge on any atom is 0.0541 e. The van der Waals surface area contributed by atoms with Crippen LogP contribution in [0.3, 0.4) is 0 Å². The van der Waals surface area contributed by atoms with Gasteiger partial charge >= 0.3 is 0 Å². The number of hydrogen-bond acceptors (Lipinski definition) is 1. The van der Waals surface area contributed by atoms with Crippen molar-refractivity contribution < 1.29 is 0 Å². The van der Waals surface area contributed by atoms with Crippen molar-refractivity contribution in [3.8, 4) is 55.9 Å². The van der Waals surface area contributed by atoms with E-state index >= 15 is 0 Å². The lowest BCUT2D eigenvalue weighted by atomic mass is 9.97. The number of fused-ring (bicyclic) bond motifs is 6. The molecular weight excluding hydrogens is 835 g/mol. The monoisotopic (exact) mass is 879 g/mol. The van der Waals surface area contributed by atoms with Crippen molar-refractivity contribution in [3.63, 3.8) is 0 Å². The highest BCUT2D eigenvalue weighted by Gasteiger charge is 2.21.